The largest absolute Gasteiger partial charge is 0.248 e. The van der Waals surface area contributed by atoms with Gasteiger partial charge in [-0.25, -0.2) is 4.39 Å². The first-order valence-corrected chi connectivity index (χ1v) is 4.80. The summed E-state index contributed by atoms with van der Waals surface area (Å²) in [5, 5.41) is 0. The lowest BCUT2D eigenvalue weighted by atomic mass is 10.0. The van der Waals surface area contributed by atoms with E-state index >= 15 is 0 Å². The van der Waals surface area contributed by atoms with Gasteiger partial charge in [-0.2, -0.15) is 0 Å². The van der Waals surface area contributed by atoms with Crippen molar-refractivity contribution in [1.82, 2.24) is 0 Å². The maximum absolute atomic E-state index is 12.7. The average Bonchev–Trinajstić information content (AvgIpc) is 1.97. The van der Waals surface area contributed by atoms with Crippen LogP contribution in [-0.4, -0.2) is 6.17 Å². The number of unbranched alkanes of at least 4 members (excludes halogenated alkanes) is 1. The van der Waals surface area contributed by atoms with Crippen LogP contribution in [0, 0.1) is 5.92 Å². The van der Waals surface area contributed by atoms with Gasteiger partial charge in [0.15, 0.2) is 0 Å². The Balaban J connectivity index is 3.01. The standard InChI is InChI=1S/C10H21F/c1-4-10(11)8-6-5-7-9(2)3/h9-10H,4-8H2,1-3H3. The molecule has 1 unspecified atom stereocenters. The molecule has 11 heavy (non-hydrogen) atoms. The number of alkyl halides is 1. The second kappa shape index (κ2) is 6.63. The Morgan fingerprint density at radius 1 is 1.09 bits per heavy atom. The van der Waals surface area contributed by atoms with Crippen LogP contribution < -0.4 is 0 Å². The predicted octanol–water partition coefficient (Wildman–Crippen LogP) is 3.95. The van der Waals surface area contributed by atoms with Crippen molar-refractivity contribution in [2.45, 2.75) is 59.0 Å². The average molecular weight is 160 g/mol. The molecule has 0 nitrogen and oxygen atoms in total. The molecule has 0 fully saturated rings. The highest BCUT2D eigenvalue weighted by molar-refractivity contribution is 4.54. The van der Waals surface area contributed by atoms with E-state index < -0.39 is 6.17 Å². The highest BCUT2D eigenvalue weighted by Crippen LogP contribution is 2.12. The fourth-order valence-corrected chi connectivity index (χ4v) is 1.12. The fourth-order valence-electron chi connectivity index (χ4n) is 1.12. The normalized spacial score (nSPS) is 13.9. The lowest BCUT2D eigenvalue weighted by Gasteiger charge is -2.06. The quantitative estimate of drug-likeness (QED) is 0.516. The van der Waals surface area contributed by atoms with Gasteiger partial charge in [-0.3, -0.25) is 0 Å². The smallest absolute Gasteiger partial charge is 0.0999 e. The summed E-state index contributed by atoms with van der Waals surface area (Å²) in [5.41, 5.74) is 0. The van der Waals surface area contributed by atoms with Gasteiger partial charge in [0, 0.05) is 0 Å². The summed E-state index contributed by atoms with van der Waals surface area (Å²) in [6.07, 6.45) is 4.40. The molecule has 0 spiro atoms. The van der Waals surface area contributed by atoms with Crippen molar-refractivity contribution in [1.29, 1.82) is 0 Å². The molecule has 1 atom stereocenters. The Labute approximate surface area is 70.2 Å². The molecule has 1 heteroatoms. The molecule has 0 aromatic rings. The predicted molar refractivity (Wildman–Crippen MR) is 48.5 cm³/mol. The minimum Gasteiger partial charge on any atom is -0.248 e. The third-order valence-electron chi connectivity index (χ3n) is 1.99. The molecular weight excluding hydrogens is 139 g/mol. The molecule has 0 bridgehead atoms. The van der Waals surface area contributed by atoms with Gasteiger partial charge in [-0.1, -0.05) is 40.0 Å². The van der Waals surface area contributed by atoms with E-state index in [-0.39, 0.29) is 0 Å². The minimum absolute atomic E-state index is 0.554. The molecule has 0 aliphatic rings. The van der Waals surface area contributed by atoms with Crippen molar-refractivity contribution >= 4 is 0 Å². The molecule has 0 N–H and O–H groups in total. The number of hydrogen-bond acceptors (Lipinski definition) is 0. The van der Waals surface area contributed by atoms with Gasteiger partial charge < -0.3 is 0 Å². The molecule has 0 heterocycles. The van der Waals surface area contributed by atoms with Crippen LogP contribution in [0.4, 0.5) is 4.39 Å². The first-order valence-electron chi connectivity index (χ1n) is 4.80. The molecule has 0 aliphatic carbocycles. The van der Waals surface area contributed by atoms with Crippen LogP contribution in [-0.2, 0) is 0 Å². The maximum atomic E-state index is 12.7. The lowest BCUT2D eigenvalue weighted by molar-refractivity contribution is 0.294. The first-order chi connectivity index (χ1) is 5.16. The van der Waals surface area contributed by atoms with E-state index in [1.165, 1.54) is 12.8 Å². The number of hydrogen-bond donors (Lipinski definition) is 0. The molecule has 0 aliphatic heterocycles. The molecule has 0 aromatic heterocycles. The zero-order valence-electron chi connectivity index (χ0n) is 8.07. The SMILES string of the molecule is CCC(F)CCCCC(C)C. The van der Waals surface area contributed by atoms with E-state index in [0.717, 1.165) is 18.8 Å². The minimum atomic E-state index is -0.554. The van der Waals surface area contributed by atoms with Crippen LogP contribution in [0.1, 0.15) is 52.9 Å². The second-order valence-electron chi connectivity index (χ2n) is 3.68. The van der Waals surface area contributed by atoms with E-state index in [9.17, 15) is 4.39 Å². The van der Waals surface area contributed by atoms with Gasteiger partial charge in [0.05, 0.1) is 6.17 Å². The Hall–Kier alpha value is -0.0700. The highest BCUT2D eigenvalue weighted by atomic mass is 19.1. The lowest BCUT2D eigenvalue weighted by Crippen LogP contribution is -1.97. The fraction of sp³-hybridized carbons (Fsp3) is 1.00. The van der Waals surface area contributed by atoms with Gasteiger partial charge in [0.1, 0.15) is 0 Å². The summed E-state index contributed by atoms with van der Waals surface area (Å²) in [6, 6.07) is 0. The highest BCUT2D eigenvalue weighted by Gasteiger charge is 2.02. The van der Waals surface area contributed by atoms with Gasteiger partial charge in [-0.15, -0.1) is 0 Å². The summed E-state index contributed by atoms with van der Waals surface area (Å²) in [6.45, 7) is 6.34. The zero-order valence-corrected chi connectivity index (χ0v) is 8.07. The Morgan fingerprint density at radius 2 is 1.64 bits per heavy atom. The van der Waals surface area contributed by atoms with Crippen molar-refractivity contribution in [3.8, 4) is 0 Å². The molecule has 0 saturated carbocycles. The molecule has 68 valence electrons. The third-order valence-corrected chi connectivity index (χ3v) is 1.99. The molecule has 0 aromatic carbocycles. The summed E-state index contributed by atoms with van der Waals surface area (Å²) in [5.74, 6) is 0.773. The molecule has 0 saturated heterocycles. The molecular formula is C10H21F. The van der Waals surface area contributed by atoms with Crippen molar-refractivity contribution in [3.05, 3.63) is 0 Å². The topological polar surface area (TPSA) is 0 Å². The van der Waals surface area contributed by atoms with Gasteiger partial charge in [0.2, 0.25) is 0 Å². The molecule has 0 rings (SSSR count). The number of halogens is 1. The molecule has 0 amide bonds. The van der Waals surface area contributed by atoms with Crippen LogP contribution in [0.5, 0.6) is 0 Å². The summed E-state index contributed by atoms with van der Waals surface area (Å²) < 4.78 is 12.7. The van der Waals surface area contributed by atoms with Crippen LogP contribution in [0.3, 0.4) is 0 Å². The van der Waals surface area contributed by atoms with E-state index in [1.807, 2.05) is 6.92 Å². The summed E-state index contributed by atoms with van der Waals surface area (Å²) >= 11 is 0. The maximum Gasteiger partial charge on any atom is 0.0999 e. The first kappa shape index (κ1) is 10.9. The van der Waals surface area contributed by atoms with Gasteiger partial charge in [0.25, 0.3) is 0 Å². The van der Waals surface area contributed by atoms with Crippen LogP contribution >= 0.6 is 0 Å². The second-order valence-corrected chi connectivity index (χ2v) is 3.68. The Bertz CT molecular complexity index is 78.9. The van der Waals surface area contributed by atoms with Crippen molar-refractivity contribution in [3.63, 3.8) is 0 Å². The van der Waals surface area contributed by atoms with Crippen molar-refractivity contribution in [2.75, 3.05) is 0 Å². The van der Waals surface area contributed by atoms with Crippen LogP contribution in [0.25, 0.3) is 0 Å². The van der Waals surface area contributed by atoms with Gasteiger partial charge >= 0.3 is 0 Å². The van der Waals surface area contributed by atoms with Crippen molar-refractivity contribution < 1.29 is 4.39 Å². The van der Waals surface area contributed by atoms with Gasteiger partial charge in [-0.05, 0) is 18.8 Å². The van der Waals surface area contributed by atoms with E-state index in [1.54, 1.807) is 0 Å². The van der Waals surface area contributed by atoms with Crippen molar-refractivity contribution in [2.24, 2.45) is 5.92 Å². The van der Waals surface area contributed by atoms with Crippen LogP contribution in [0.2, 0.25) is 0 Å². The van der Waals surface area contributed by atoms with E-state index in [2.05, 4.69) is 13.8 Å². The summed E-state index contributed by atoms with van der Waals surface area (Å²) in [7, 11) is 0. The van der Waals surface area contributed by atoms with E-state index in [4.69, 9.17) is 0 Å². The summed E-state index contributed by atoms with van der Waals surface area (Å²) in [4.78, 5) is 0. The van der Waals surface area contributed by atoms with E-state index in [0.29, 0.717) is 6.42 Å². The monoisotopic (exact) mass is 160 g/mol. The Kier molecular flexibility index (Phi) is 6.59. The Morgan fingerprint density at radius 3 is 2.09 bits per heavy atom. The number of rotatable bonds is 6. The third kappa shape index (κ3) is 7.83. The zero-order chi connectivity index (χ0) is 8.69. The van der Waals surface area contributed by atoms with Crippen LogP contribution in [0.15, 0.2) is 0 Å². The molecule has 0 radical (unpaired) electrons.